The van der Waals surface area contributed by atoms with E-state index in [0.717, 1.165) is 4.88 Å². The molecule has 0 bridgehead atoms. The molecule has 5 nitrogen and oxygen atoms in total. The summed E-state index contributed by atoms with van der Waals surface area (Å²) < 4.78 is 26.7. The number of sulfonamides is 1. The van der Waals surface area contributed by atoms with Gasteiger partial charge in [-0.1, -0.05) is 13.8 Å². The van der Waals surface area contributed by atoms with Gasteiger partial charge in [0.25, 0.3) is 0 Å². The van der Waals surface area contributed by atoms with Gasteiger partial charge in [0.1, 0.15) is 6.04 Å². The molecule has 0 saturated carbocycles. The number of aryl methyl sites for hydroxylation is 2. The zero-order valence-electron chi connectivity index (χ0n) is 11.4. The van der Waals surface area contributed by atoms with Crippen LogP contribution in [0.25, 0.3) is 0 Å². The van der Waals surface area contributed by atoms with Crippen LogP contribution < -0.4 is 4.72 Å². The molecule has 108 valence electrons. The highest BCUT2D eigenvalue weighted by Crippen LogP contribution is 2.25. The lowest BCUT2D eigenvalue weighted by Gasteiger charge is -2.16. The lowest BCUT2D eigenvalue weighted by Crippen LogP contribution is -2.41. The predicted molar refractivity (Wildman–Crippen MR) is 75.0 cm³/mol. The van der Waals surface area contributed by atoms with Crippen LogP contribution in [-0.2, 0) is 14.8 Å². The number of carboxylic acids is 1. The number of hydrogen-bond donors (Lipinski definition) is 2. The lowest BCUT2D eigenvalue weighted by molar-refractivity contribution is -0.139. The molecule has 0 saturated heterocycles. The van der Waals surface area contributed by atoms with Crippen LogP contribution in [0.5, 0.6) is 0 Å². The van der Waals surface area contributed by atoms with E-state index in [0.29, 0.717) is 4.88 Å². The molecular formula is C12H19NO4S2. The van der Waals surface area contributed by atoms with Gasteiger partial charge in [-0.2, -0.15) is 4.72 Å². The summed E-state index contributed by atoms with van der Waals surface area (Å²) in [6, 6.07) is 0.473. The van der Waals surface area contributed by atoms with Crippen molar-refractivity contribution in [1.82, 2.24) is 4.72 Å². The van der Waals surface area contributed by atoms with Crippen molar-refractivity contribution in [3.05, 3.63) is 15.8 Å². The summed E-state index contributed by atoms with van der Waals surface area (Å²) in [6.07, 6.45) is 0.261. The van der Waals surface area contributed by atoms with Crippen molar-refractivity contribution in [2.24, 2.45) is 5.92 Å². The summed E-state index contributed by atoms with van der Waals surface area (Å²) in [5.74, 6) is -1.06. The predicted octanol–water partition coefficient (Wildman–Crippen LogP) is 2.14. The first-order chi connectivity index (χ1) is 8.63. The Morgan fingerprint density at radius 1 is 1.42 bits per heavy atom. The van der Waals surface area contributed by atoms with E-state index in [2.05, 4.69) is 4.72 Å². The molecule has 19 heavy (non-hydrogen) atoms. The van der Waals surface area contributed by atoms with E-state index in [4.69, 9.17) is 5.11 Å². The second-order valence-corrected chi connectivity index (χ2v) is 8.06. The van der Waals surface area contributed by atoms with E-state index < -0.39 is 22.0 Å². The maximum atomic E-state index is 12.2. The van der Waals surface area contributed by atoms with Gasteiger partial charge in [-0.05, 0) is 32.3 Å². The maximum absolute atomic E-state index is 12.2. The Hall–Kier alpha value is -0.920. The molecular weight excluding hydrogens is 286 g/mol. The van der Waals surface area contributed by atoms with E-state index in [9.17, 15) is 13.2 Å². The molecule has 0 fully saturated rings. The highest BCUT2D eigenvalue weighted by Gasteiger charge is 2.27. The van der Waals surface area contributed by atoms with Gasteiger partial charge in [0.2, 0.25) is 10.0 Å². The Morgan fingerprint density at radius 2 is 2.00 bits per heavy atom. The molecule has 0 aromatic carbocycles. The molecule has 0 aliphatic carbocycles. The molecule has 2 N–H and O–H groups in total. The van der Waals surface area contributed by atoms with Gasteiger partial charge in [0, 0.05) is 9.75 Å². The Balaban J connectivity index is 3.01. The molecule has 0 spiro atoms. The smallest absolute Gasteiger partial charge is 0.321 e. The van der Waals surface area contributed by atoms with Crippen LogP contribution in [0.4, 0.5) is 0 Å². The Kier molecular flexibility index (Phi) is 5.11. The third-order valence-electron chi connectivity index (χ3n) is 2.59. The fourth-order valence-corrected chi connectivity index (χ4v) is 4.55. The monoisotopic (exact) mass is 305 g/mol. The van der Waals surface area contributed by atoms with Crippen LogP contribution in [0.2, 0.25) is 0 Å². The van der Waals surface area contributed by atoms with Crippen molar-refractivity contribution in [2.75, 3.05) is 0 Å². The van der Waals surface area contributed by atoms with Gasteiger partial charge < -0.3 is 5.11 Å². The molecule has 7 heteroatoms. The normalized spacial score (nSPS) is 13.7. The molecule has 1 aromatic heterocycles. The molecule has 0 unspecified atom stereocenters. The van der Waals surface area contributed by atoms with Crippen molar-refractivity contribution >= 4 is 27.3 Å². The lowest BCUT2D eigenvalue weighted by atomic mass is 10.1. The Bertz CT molecular complexity index is 560. The highest BCUT2D eigenvalue weighted by atomic mass is 32.2. The van der Waals surface area contributed by atoms with Gasteiger partial charge in [-0.3, -0.25) is 4.79 Å². The van der Waals surface area contributed by atoms with Crippen molar-refractivity contribution in [3.63, 3.8) is 0 Å². The quantitative estimate of drug-likeness (QED) is 0.843. The topological polar surface area (TPSA) is 83.5 Å². The third kappa shape index (κ3) is 4.29. The highest BCUT2D eigenvalue weighted by molar-refractivity contribution is 7.89. The Labute approximate surface area is 117 Å². The first-order valence-corrected chi connectivity index (χ1v) is 8.25. The molecule has 1 atom stereocenters. The van der Waals surface area contributed by atoms with E-state index >= 15 is 0 Å². The number of nitrogens with one attached hydrogen (secondary N) is 1. The van der Waals surface area contributed by atoms with Crippen molar-refractivity contribution in [1.29, 1.82) is 0 Å². The third-order valence-corrected chi connectivity index (χ3v) is 5.28. The molecule has 0 aliphatic rings. The fourth-order valence-electron chi connectivity index (χ4n) is 1.80. The number of rotatable bonds is 6. The molecule has 1 heterocycles. The van der Waals surface area contributed by atoms with Crippen molar-refractivity contribution in [2.45, 2.75) is 45.1 Å². The van der Waals surface area contributed by atoms with Gasteiger partial charge in [-0.15, -0.1) is 11.3 Å². The molecule has 0 aliphatic heterocycles. The van der Waals surface area contributed by atoms with Crippen LogP contribution in [0.3, 0.4) is 0 Å². The second-order valence-electron chi connectivity index (χ2n) is 4.92. The summed E-state index contributed by atoms with van der Waals surface area (Å²) in [5, 5.41) is 9.08. The fraction of sp³-hybridized carbons (Fsp3) is 0.583. The number of hydrogen-bond acceptors (Lipinski definition) is 4. The first kappa shape index (κ1) is 16.1. The van der Waals surface area contributed by atoms with Gasteiger partial charge in [-0.25, -0.2) is 8.42 Å². The largest absolute Gasteiger partial charge is 0.480 e. The van der Waals surface area contributed by atoms with Gasteiger partial charge in [0.05, 0.1) is 4.90 Å². The number of carboxylic acid groups (broad SMARTS) is 1. The zero-order chi connectivity index (χ0) is 14.8. The van der Waals surface area contributed by atoms with Crippen LogP contribution in [-0.4, -0.2) is 25.5 Å². The van der Waals surface area contributed by atoms with Crippen LogP contribution >= 0.6 is 11.3 Å². The maximum Gasteiger partial charge on any atom is 0.321 e. The van der Waals surface area contributed by atoms with Gasteiger partial charge >= 0.3 is 5.97 Å². The van der Waals surface area contributed by atoms with E-state index in [1.165, 1.54) is 11.3 Å². The zero-order valence-corrected chi connectivity index (χ0v) is 13.1. The van der Waals surface area contributed by atoms with E-state index in [1.54, 1.807) is 13.0 Å². The number of thiophene rings is 1. The second kappa shape index (κ2) is 6.02. The van der Waals surface area contributed by atoms with Crippen LogP contribution in [0.1, 0.15) is 30.0 Å². The Morgan fingerprint density at radius 3 is 2.37 bits per heavy atom. The molecule has 0 amide bonds. The van der Waals surface area contributed by atoms with E-state index in [1.807, 2.05) is 20.8 Å². The number of carbonyl (C=O) groups is 1. The minimum Gasteiger partial charge on any atom is -0.480 e. The van der Waals surface area contributed by atoms with Gasteiger partial charge in [0.15, 0.2) is 0 Å². The summed E-state index contributed by atoms with van der Waals surface area (Å²) in [6.45, 7) is 7.23. The summed E-state index contributed by atoms with van der Waals surface area (Å²) in [7, 11) is -3.78. The minimum absolute atomic E-state index is 0.0918. The standard InChI is InChI=1S/C12H19NO4S2/c1-7(2)5-10(12(14)15)13-19(16,17)11-6-8(3)18-9(11)4/h6-7,10,13H,5H2,1-4H3,(H,14,15)/t10-/m1/s1. The summed E-state index contributed by atoms with van der Waals surface area (Å²) in [4.78, 5) is 12.8. The SMILES string of the molecule is Cc1cc(S(=O)(=O)N[C@H](CC(C)C)C(=O)O)c(C)s1. The van der Waals surface area contributed by atoms with Crippen molar-refractivity contribution in [3.8, 4) is 0 Å². The van der Waals surface area contributed by atoms with Crippen molar-refractivity contribution < 1.29 is 18.3 Å². The molecule has 1 aromatic rings. The van der Waals surface area contributed by atoms with Crippen LogP contribution in [0, 0.1) is 19.8 Å². The summed E-state index contributed by atoms with van der Waals surface area (Å²) >= 11 is 1.38. The molecule has 0 radical (unpaired) electrons. The summed E-state index contributed by atoms with van der Waals surface area (Å²) in [5.41, 5.74) is 0. The molecule has 1 rings (SSSR count). The van der Waals surface area contributed by atoms with Crippen LogP contribution in [0.15, 0.2) is 11.0 Å². The van der Waals surface area contributed by atoms with E-state index in [-0.39, 0.29) is 17.2 Å². The first-order valence-electron chi connectivity index (χ1n) is 5.95. The average molecular weight is 305 g/mol. The minimum atomic E-state index is -3.78. The average Bonchev–Trinajstić information content (AvgIpc) is 2.56. The number of aliphatic carboxylic acids is 1.